The number of piperidine rings is 1. The van der Waals surface area contributed by atoms with Crippen LogP contribution in [-0.4, -0.2) is 50.1 Å². The Bertz CT molecular complexity index is 1110. The Morgan fingerprint density at radius 2 is 1.97 bits per heavy atom. The fourth-order valence-electron chi connectivity index (χ4n) is 3.97. The van der Waals surface area contributed by atoms with Gasteiger partial charge in [-0.15, -0.1) is 11.3 Å². The summed E-state index contributed by atoms with van der Waals surface area (Å²) in [6.45, 7) is 1.86. The van der Waals surface area contributed by atoms with Gasteiger partial charge in [-0.3, -0.25) is 4.79 Å². The molecule has 0 radical (unpaired) electrons. The van der Waals surface area contributed by atoms with E-state index in [1.165, 1.54) is 22.3 Å². The van der Waals surface area contributed by atoms with E-state index >= 15 is 0 Å². The second-order valence-electron chi connectivity index (χ2n) is 7.54. The van der Waals surface area contributed by atoms with E-state index in [9.17, 15) is 13.2 Å². The minimum Gasteiger partial charge on any atom is -0.361 e. The Morgan fingerprint density at radius 1 is 1.21 bits per heavy atom. The minimum absolute atomic E-state index is 0.0784. The maximum absolute atomic E-state index is 12.9. The van der Waals surface area contributed by atoms with Gasteiger partial charge >= 0.3 is 0 Å². The molecule has 0 atom stereocenters. The molecule has 0 aliphatic carbocycles. The van der Waals surface area contributed by atoms with Crippen molar-refractivity contribution in [2.24, 2.45) is 0 Å². The van der Waals surface area contributed by atoms with E-state index in [4.69, 9.17) is 0 Å². The van der Waals surface area contributed by atoms with E-state index in [0.717, 1.165) is 47.5 Å². The molecular weight excluding hydrogens is 406 g/mol. The predicted molar refractivity (Wildman–Crippen MR) is 117 cm³/mol. The van der Waals surface area contributed by atoms with Crippen LogP contribution in [0.4, 0.5) is 0 Å². The molecule has 3 aromatic rings. The number of carbonyl (C=O) groups excluding carboxylic acids is 1. The van der Waals surface area contributed by atoms with Crippen molar-refractivity contribution in [1.82, 2.24) is 14.6 Å². The molecule has 1 aliphatic rings. The summed E-state index contributed by atoms with van der Waals surface area (Å²) in [6, 6.07) is 12.1. The second kappa shape index (κ2) is 8.30. The molecule has 2 N–H and O–H groups in total. The Hall–Kier alpha value is -2.16. The largest absolute Gasteiger partial charge is 0.361 e. The van der Waals surface area contributed by atoms with E-state index in [1.807, 2.05) is 23.1 Å². The molecule has 154 valence electrons. The summed E-state index contributed by atoms with van der Waals surface area (Å²) in [5.41, 5.74) is 2.52. The number of thiophene rings is 1. The third kappa shape index (κ3) is 4.71. The average molecular weight is 432 g/mol. The number of carbonyl (C=O) groups is 1. The van der Waals surface area contributed by atoms with Gasteiger partial charge in [-0.05, 0) is 48.9 Å². The lowest BCUT2D eigenvalue weighted by Gasteiger charge is -2.31. The Labute approximate surface area is 175 Å². The van der Waals surface area contributed by atoms with Crippen LogP contribution < -0.4 is 4.72 Å². The summed E-state index contributed by atoms with van der Waals surface area (Å²) >= 11 is 1.45. The van der Waals surface area contributed by atoms with Crippen LogP contribution in [0.25, 0.3) is 10.9 Å². The highest BCUT2D eigenvalue weighted by Crippen LogP contribution is 2.33. The van der Waals surface area contributed by atoms with Gasteiger partial charge in [0.05, 0.1) is 11.1 Å². The lowest BCUT2D eigenvalue weighted by Crippen LogP contribution is -2.37. The number of hydrogen-bond donors (Lipinski definition) is 2. The predicted octanol–water partition coefficient (Wildman–Crippen LogP) is 3.34. The van der Waals surface area contributed by atoms with Crippen LogP contribution in [0.2, 0.25) is 0 Å². The number of amides is 1. The zero-order chi connectivity index (χ0) is 20.4. The summed E-state index contributed by atoms with van der Waals surface area (Å²) in [4.78, 5) is 19.9. The lowest BCUT2D eigenvalue weighted by atomic mass is 9.89. The zero-order valence-electron chi connectivity index (χ0n) is 16.3. The Morgan fingerprint density at radius 3 is 2.72 bits per heavy atom. The molecule has 0 spiro atoms. The Balaban J connectivity index is 1.34. The molecule has 1 aromatic carbocycles. The van der Waals surface area contributed by atoms with Gasteiger partial charge in [0.15, 0.2) is 0 Å². The van der Waals surface area contributed by atoms with Gasteiger partial charge in [-0.25, -0.2) is 13.1 Å². The molecule has 0 unspecified atom stereocenters. The van der Waals surface area contributed by atoms with Crippen molar-refractivity contribution in [2.45, 2.75) is 25.2 Å². The number of hydrogen-bond acceptors (Lipinski definition) is 4. The molecule has 1 fully saturated rings. The highest BCUT2D eigenvalue weighted by Gasteiger charge is 2.26. The molecule has 1 saturated heterocycles. The number of fused-ring (bicyclic) bond motifs is 1. The van der Waals surface area contributed by atoms with Crippen LogP contribution in [0.1, 0.15) is 38.9 Å². The SMILES string of the molecule is CS(=O)(=O)NCCc1ccc(C(=O)N2CCC(c3c[nH]c4ccccc34)CC2)s1. The number of H-pyrrole nitrogens is 1. The van der Waals surface area contributed by atoms with Gasteiger partial charge < -0.3 is 9.88 Å². The molecule has 3 heterocycles. The molecule has 1 amide bonds. The molecule has 8 heteroatoms. The Kier molecular flexibility index (Phi) is 5.76. The third-order valence-corrected chi connectivity index (χ3v) is 7.31. The van der Waals surface area contributed by atoms with Crippen molar-refractivity contribution in [2.75, 3.05) is 25.9 Å². The summed E-state index contributed by atoms with van der Waals surface area (Å²) in [7, 11) is -3.18. The number of rotatable bonds is 6. The monoisotopic (exact) mass is 431 g/mol. The molecule has 0 bridgehead atoms. The first-order valence-corrected chi connectivity index (χ1v) is 12.5. The quantitative estimate of drug-likeness (QED) is 0.628. The number of para-hydroxylation sites is 1. The maximum Gasteiger partial charge on any atom is 0.263 e. The first-order chi connectivity index (χ1) is 13.9. The number of benzene rings is 1. The smallest absolute Gasteiger partial charge is 0.263 e. The molecular formula is C21H25N3O3S2. The summed E-state index contributed by atoms with van der Waals surface area (Å²) in [5, 5.41) is 1.28. The summed E-state index contributed by atoms with van der Waals surface area (Å²) in [6.07, 6.45) is 5.78. The van der Waals surface area contributed by atoms with Crippen LogP contribution >= 0.6 is 11.3 Å². The van der Waals surface area contributed by atoms with E-state index in [0.29, 0.717) is 18.9 Å². The van der Waals surface area contributed by atoms with Gasteiger partial charge in [-0.1, -0.05) is 18.2 Å². The lowest BCUT2D eigenvalue weighted by molar-refractivity contribution is 0.0718. The highest BCUT2D eigenvalue weighted by molar-refractivity contribution is 7.88. The van der Waals surface area contributed by atoms with Crippen LogP contribution in [0.15, 0.2) is 42.6 Å². The normalized spacial score (nSPS) is 15.8. The van der Waals surface area contributed by atoms with Gasteiger partial charge in [-0.2, -0.15) is 0 Å². The third-order valence-electron chi connectivity index (χ3n) is 5.45. The topological polar surface area (TPSA) is 82.3 Å². The number of nitrogens with zero attached hydrogens (tertiary/aromatic N) is 1. The molecule has 29 heavy (non-hydrogen) atoms. The first kappa shape index (κ1) is 20.1. The van der Waals surface area contributed by atoms with Gasteiger partial charge in [0.2, 0.25) is 10.0 Å². The zero-order valence-corrected chi connectivity index (χ0v) is 18.0. The van der Waals surface area contributed by atoms with Crippen molar-refractivity contribution < 1.29 is 13.2 Å². The fourth-order valence-corrected chi connectivity index (χ4v) is 5.42. The number of sulfonamides is 1. The van der Waals surface area contributed by atoms with E-state index < -0.39 is 10.0 Å². The molecule has 2 aromatic heterocycles. The fraction of sp³-hybridized carbons (Fsp3) is 0.381. The van der Waals surface area contributed by atoms with Gasteiger partial charge in [0.25, 0.3) is 5.91 Å². The molecule has 1 aliphatic heterocycles. The van der Waals surface area contributed by atoms with E-state index in [2.05, 4.69) is 34.1 Å². The number of aromatic amines is 1. The van der Waals surface area contributed by atoms with Crippen molar-refractivity contribution in [3.63, 3.8) is 0 Å². The molecule has 0 saturated carbocycles. The maximum atomic E-state index is 12.9. The van der Waals surface area contributed by atoms with Gasteiger partial charge in [0, 0.05) is 41.6 Å². The van der Waals surface area contributed by atoms with Crippen molar-refractivity contribution in [1.29, 1.82) is 0 Å². The van der Waals surface area contributed by atoms with Crippen LogP contribution in [0, 0.1) is 0 Å². The number of aromatic nitrogens is 1. The highest BCUT2D eigenvalue weighted by atomic mass is 32.2. The van der Waals surface area contributed by atoms with Crippen LogP contribution in [0.5, 0.6) is 0 Å². The number of likely N-dealkylation sites (tertiary alicyclic amines) is 1. The first-order valence-electron chi connectivity index (χ1n) is 9.79. The number of nitrogens with one attached hydrogen (secondary N) is 2. The summed E-state index contributed by atoms with van der Waals surface area (Å²) < 4.78 is 24.8. The molecule has 6 nitrogen and oxygen atoms in total. The second-order valence-corrected chi connectivity index (χ2v) is 10.5. The van der Waals surface area contributed by atoms with Gasteiger partial charge in [0.1, 0.15) is 0 Å². The van der Waals surface area contributed by atoms with Crippen LogP contribution in [-0.2, 0) is 16.4 Å². The van der Waals surface area contributed by atoms with Crippen molar-refractivity contribution in [3.8, 4) is 0 Å². The van der Waals surface area contributed by atoms with Crippen molar-refractivity contribution >= 4 is 38.2 Å². The summed E-state index contributed by atoms with van der Waals surface area (Å²) in [5.74, 6) is 0.547. The standard InChI is InChI=1S/C21H25N3O3S2/c1-29(26,27)23-11-8-16-6-7-20(28-16)21(25)24-12-9-15(10-13-24)18-14-22-19-5-3-2-4-17(18)19/h2-7,14-15,22-23H,8-13H2,1H3. The van der Waals surface area contributed by atoms with Crippen molar-refractivity contribution in [3.05, 3.63) is 57.9 Å². The van der Waals surface area contributed by atoms with Crippen LogP contribution in [0.3, 0.4) is 0 Å². The van der Waals surface area contributed by atoms with E-state index in [-0.39, 0.29) is 5.91 Å². The average Bonchev–Trinajstić information content (AvgIpc) is 3.34. The molecule has 4 rings (SSSR count). The van der Waals surface area contributed by atoms with E-state index in [1.54, 1.807) is 0 Å². The minimum atomic E-state index is -3.18.